The minimum atomic E-state index is -0.139. The van der Waals surface area contributed by atoms with Crippen molar-refractivity contribution in [2.75, 3.05) is 19.6 Å². The highest BCUT2D eigenvalue weighted by molar-refractivity contribution is 7.15. The molecule has 1 amide bonds. The van der Waals surface area contributed by atoms with Crippen LogP contribution in [0.25, 0.3) is 10.6 Å². The van der Waals surface area contributed by atoms with Crippen molar-refractivity contribution in [3.8, 4) is 10.6 Å². The number of hydrogen-bond acceptors (Lipinski definition) is 7. The summed E-state index contributed by atoms with van der Waals surface area (Å²) in [5, 5.41) is 12.7. The Morgan fingerprint density at radius 2 is 2.03 bits per heavy atom. The minimum absolute atomic E-state index is 0.139. The van der Waals surface area contributed by atoms with Crippen molar-refractivity contribution in [2.45, 2.75) is 25.9 Å². The van der Waals surface area contributed by atoms with E-state index in [1.54, 1.807) is 17.4 Å². The van der Waals surface area contributed by atoms with Gasteiger partial charge in [0.1, 0.15) is 22.9 Å². The molecule has 9 heteroatoms. The molecular formula is C23H24N6O2S. The first kappa shape index (κ1) is 20.6. The van der Waals surface area contributed by atoms with Crippen LogP contribution in [-0.4, -0.2) is 50.2 Å². The van der Waals surface area contributed by atoms with E-state index in [9.17, 15) is 4.79 Å². The summed E-state index contributed by atoms with van der Waals surface area (Å²) < 4.78 is 7.16. The second kappa shape index (κ2) is 9.46. The summed E-state index contributed by atoms with van der Waals surface area (Å²) in [5.41, 5.74) is 1.69. The molecule has 0 saturated carbocycles. The molecule has 0 saturated heterocycles. The molecule has 1 aliphatic heterocycles. The van der Waals surface area contributed by atoms with Gasteiger partial charge in [-0.2, -0.15) is 0 Å². The van der Waals surface area contributed by atoms with E-state index in [1.165, 1.54) is 17.4 Å². The zero-order valence-corrected chi connectivity index (χ0v) is 18.4. The molecule has 0 atom stereocenters. The van der Waals surface area contributed by atoms with Gasteiger partial charge in [-0.15, -0.1) is 21.5 Å². The molecule has 1 N–H and O–H groups in total. The van der Waals surface area contributed by atoms with Crippen LogP contribution >= 0.6 is 11.3 Å². The van der Waals surface area contributed by atoms with E-state index < -0.39 is 0 Å². The van der Waals surface area contributed by atoms with Gasteiger partial charge in [0.05, 0.1) is 11.8 Å². The van der Waals surface area contributed by atoms with Crippen molar-refractivity contribution in [3.05, 3.63) is 77.2 Å². The maximum Gasteiger partial charge on any atom is 0.254 e. The van der Waals surface area contributed by atoms with Gasteiger partial charge in [-0.05, 0) is 6.07 Å². The number of furan rings is 1. The van der Waals surface area contributed by atoms with Crippen LogP contribution in [0.1, 0.15) is 26.9 Å². The Morgan fingerprint density at radius 3 is 2.88 bits per heavy atom. The van der Waals surface area contributed by atoms with Crippen LogP contribution in [0.2, 0.25) is 0 Å². The Labute approximate surface area is 189 Å². The Kier molecular flexibility index (Phi) is 6.09. The Morgan fingerprint density at radius 1 is 1.12 bits per heavy atom. The van der Waals surface area contributed by atoms with Gasteiger partial charge in [-0.3, -0.25) is 9.69 Å². The minimum Gasteiger partial charge on any atom is -0.472 e. The lowest BCUT2D eigenvalue weighted by atomic mass is 10.2. The van der Waals surface area contributed by atoms with Gasteiger partial charge in [0.15, 0.2) is 0 Å². The van der Waals surface area contributed by atoms with Crippen molar-refractivity contribution in [3.63, 3.8) is 0 Å². The van der Waals surface area contributed by atoms with Crippen LogP contribution in [0.4, 0.5) is 0 Å². The smallest absolute Gasteiger partial charge is 0.254 e. The standard InChI is InChI=1S/C23H24N6O2S/c30-22(18-8-13-31-16-18)24-9-6-20-26-27-21-7-10-28(11-12-29(20)21)15-19-14-25-23(32-19)17-4-2-1-3-5-17/h1-5,8,13-14,16H,6-7,9-12,15H2,(H,24,30). The van der Waals surface area contributed by atoms with Crippen LogP contribution in [0.5, 0.6) is 0 Å². The van der Waals surface area contributed by atoms with E-state index >= 15 is 0 Å². The van der Waals surface area contributed by atoms with Crippen LogP contribution in [0.15, 0.2) is 59.5 Å². The molecule has 5 rings (SSSR count). The Hall–Kier alpha value is -3.30. The molecule has 1 aromatic carbocycles. The Balaban J connectivity index is 1.16. The lowest BCUT2D eigenvalue weighted by Crippen LogP contribution is -2.27. The van der Waals surface area contributed by atoms with Crippen molar-refractivity contribution in [1.82, 2.24) is 30.0 Å². The normalized spacial score (nSPS) is 14.1. The van der Waals surface area contributed by atoms with E-state index in [1.807, 2.05) is 24.4 Å². The third kappa shape index (κ3) is 4.63. The largest absolute Gasteiger partial charge is 0.472 e. The fraction of sp³-hybridized carbons (Fsp3) is 0.304. The number of hydrogen-bond donors (Lipinski definition) is 1. The summed E-state index contributed by atoms with van der Waals surface area (Å²) in [6.07, 6.45) is 6.43. The molecule has 4 heterocycles. The van der Waals surface area contributed by atoms with Gasteiger partial charge in [-0.1, -0.05) is 30.3 Å². The molecule has 0 bridgehead atoms. The fourth-order valence-electron chi connectivity index (χ4n) is 3.87. The van der Waals surface area contributed by atoms with E-state index in [2.05, 4.69) is 42.1 Å². The molecule has 164 valence electrons. The van der Waals surface area contributed by atoms with E-state index in [0.29, 0.717) is 18.5 Å². The highest BCUT2D eigenvalue weighted by Crippen LogP contribution is 2.26. The Bertz CT molecular complexity index is 1170. The molecule has 0 aliphatic carbocycles. The van der Waals surface area contributed by atoms with Crippen LogP contribution in [0.3, 0.4) is 0 Å². The summed E-state index contributed by atoms with van der Waals surface area (Å²) in [7, 11) is 0. The first-order chi connectivity index (χ1) is 15.8. The highest BCUT2D eigenvalue weighted by atomic mass is 32.1. The number of thiazole rings is 1. The molecule has 0 unspecified atom stereocenters. The fourth-order valence-corrected chi connectivity index (χ4v) is 4.83. The van der Waals surface area contributed by atoms with Gasteiger partial charge < -0.3 is 14.3 Å². The van der Waals surface area contributed by atoms with E-state index in [4.69, 9.17) is 4.42 Å². The van der Waals surface area contributed by atoms with Gasteiger partial charge in [0.25, 0.3) is 5.91 Å². The van der Waals surface area contributed by atoms with Gasteiger partial charge >= 0.3 is 0 Å². The highest BCUT2D eigenvalue weighted by Gasteiger charge is 2.19. The van der Waals surface area contributed by atoms with E-state index in [-0.39, 0.29) is 5.91 Å². The number of nitrogens with one attached hydrogen (secondary N) is 1. The first-order valence-electron chi connectivity index (χ1n) is 10.7. The van der Waals surface area contributed by atoms with Crippen LogP contribution in [-0.2, 0) is 25.9 Å². The van der Waals surface area contributed by atoms with Gasteiger partial charge in [0, 0.05) is 62.2 Å². The maximum absolute atomic E-state index is 12.1. The first-order valence-corrected chi connectivity index (χ1v) is 11.5. The maximum atomic E-state index is 12.1. The van der Waals surface area contributed by atoms with Crippen molar-refractivity contribution >= 4 is 17.2 Å². The summed E-state index contributed by atoms with van der Waals surface area (Å²) in [5.74, 6) is 1.79. The lowest BCUT2D eigenvalue weighted by Gasteiger charge is -2.18. The monoisotopic (exact) mass is 448 g/mol. The van der Waals surface area contributed by atoms with Gasteiger partial charge in [0.2, 0.25) is 0 Å². The predicted molar refractivity (Wildman–Crippen MR) is 121 cm³/mol. The SMILES string of the molecule is O=C(NCCc1nnc2n1CCN(Cc1cnc(-c3ccccc3)s1)CC2)c1ccoc1. The number of carbonyl (C=O) groups is 1. The lowest BCUT2D eigenvalue weighted by molar-refractivity contribution is 0.0953. The zero-order chi connectivity index (χ0) is 21.8. The third-order valence-electron chi connectivity index (χ3n) is 5.57. The average molecular weight is 449 g/mol. The molecule has 4 aromatic rings. The molecule has 32 heavy (non-hydrogen) atoms. The molecule has 3 aromatic heterocycles. The number of nitrogens with zero attached hydrogens (tertiary/aromatic N) is 5. The van der Waals surface area contributed by atoms with E-state index in [0.717, 1.165) is 54.8 Å². The molecular weight excluding hydrogens is 424 g/mol. The third-order valence-corrected chi connectivity index (χ3v) is 6.60. The number of carbonyl (C=O) groups excluding carboxylic acids is 1. The number of aromatic nitrogens is 4. The summed E-state index contributed by atoms with van der Waals surface area (Å²) in [6.45, 7) is 4.11. The van der Waals surface area contributed by atoms with Crippen molar-refractivity contribution in [2.24, 2.45) is 0 Å². The molecule has 0 fully saturated rings. The van der Waals surface area contributed by atoms with Crippen LogP contribution in [0, 0.1) is 0 Å². The van der Waals surface area contributed by atoms with Crippen LogP contribution < -0.4 is 5.32 Å². The number of fused-ring (bicyclic) bond motifs is 1. The molecule has 0 radical (unpaired) electrons. The quantitative estimate of drug-likeness (QED) is 0.468. The molecule has 8 nitrogen and oxygen atoms in total. The number of benzene rings is 1. The topological polar surface area (TPSA) is 89.1 Å². The summed E-state index contributed by atoms with van der Waals surface area (Å²) in [6, 6.07) is 12.0. The summed E-state index contributed by atoms with van der Waals surface area (Å²) in [4.78, 5) is 20.4. The summed E-state index contributed by atoms with van der Waals surface area (Å²) >= 11 is 1.75. The number of rotatable bonds is 7. The van der Waals surface area contributed by atoms with Gasteiger partial charge in [-0.25, -0.2) is 4.98 Å². The second-order valence-electron chi connectivity index (χ2n) is 7.73. The predicted octanol–water partition coefficient (Wildman–Crippen LogP) is 3.03. The average Bonchev–Trinajstić information content (AvgIpc) is 3.56. The molecule has 0 spiro atoms. The zero-order valence-electron chi connectivity index (χ0n) is 17.6. The molecule has 1 aliphatic rings. The number of amides is 1. The van der Waals surface area contributed by atoms with Crippen molar-refractivity contribution in [1.29, 1.82) is 0 Å². The second-order valence-corrected chi connectivity index (χ2v) is 8.84. The van der Waals surface area contributed by atoms with Crippen molar-refractivity contribution < 1.29 is 9.21 Å².